The van der Waals surface area contributed by atoms with Crippen molar-refractivity contribution in [2.45, 2.75) is 13.0 Å². The molecule has 19 heavy (non-hydrogen) atoms. The summed E-state index contributed by atoms with van der Waals surface area (Å²) in [4.78, 5) is 11.6. The predicted molar refractivity (Wildman–Crippen MR) is 76.8 cm³/mol. The number of rotatable bonds is 4. The Morgan fingerprint density at radius 2 is 1.32 bits per heavy atom. The summed E-state index contributed by atoms with van der Waals surface area (Å²) in [7, 11) is 1.17. The summed E-state index contributed by atoms with van der Waals surface area (Å²) in [6.45, 7) is 0.340. The van der Waals surface area contributed by atoms with E-state index in [1.54, 1.807) is 0 Å². The van der Waals surface area contributed by atoms with Gasteiger partial charge in [0.15, 0.2) is 0 Å². The quantitative estimate of drug-likeness (QED) is 0.636. The molecule has 1 unspecified atom stereocenters. The smallest absolute Gasteiger partial charge is 0.310 e. The molecule has 0 saturated heterocycles. The van der Waals surface area contributed by atoms with Crippen LogP contribution in [-0.4, -0.2) is 5.97 Å². The van der Waals surface area contributed by atoms with Gasteiger partial charge in [-0.3, -0.25) is 4.79 Å². The van der Waals surface area contributed by atoms with Gasteiger partial charge in [-0.25, -0.2) is 0 Å². The monoisotopic (exact) mass is 275 g/mol. The van der Waals surface area contributed by atoms with Gasteiger partial charge in [0.05, 0.1) is 6.42 Å². The molecule has 2 aromatic carbocycles. The van der Waals surface area contributed by atoms with Crippen molar-refractivity contribution >= 4 is 15.1 Å². The molecule has 0 heterocycles. The molecule has 0 radical (unpaired) electrons. The topological polar surface area (TPSA) is 43.4 Å². The van der Waals surface area contributed by atoms with Crippen molar-refractivity contribution in [3.8, 4) is 0 Å². The Morgan fingerprint density at radius 3 is 1.84 bits per heavy atom. The van der Waals surface area contributed by atoms with Crippen LogP contribution < -0.4 is 0 Å². The predicted octanol–water partition coefficient (Wildman–Crippen LogP) is 3.18. The first-order valence-corrected chi connectivity index (χ1v) is 6.29. The van der Waals surface area contributed by atoms with Crippen LogP contribution in [0.1, 0.15) is 11.1 Å². The molecule has 0 fully saturated rings. The summed E-state index contributed by atoms with van der Waals surface area (Å²) in [6, 6.07) is 19.3. The highest BCUT2D eigenvalue weighted by atomic mass is 31.0. The third-order valence-corrected chi connectivity index (χ3v) is 2.43. The Balaban J connectivity index is 0.000000861. The van der Waals surface area contributed by atoms with Crippen molar-refractivity contribution in [2.24, 2.45) is 0 Å². The van der Waals surface area contributed by atoms with Gasteiger partial charge in [-0.05, 0) is 11.1 Å². The standard InChI is InChI=1S/C15H14O2.H2OP/c16-15(11-13-7-3-1-4-8-13)17-12-14-9-5-2-6-10-14;1-2/h1-10H,11-12H2;2H2/q;+1. The minimum absolute atomic E-state index is 0.194. The van der Waals surface area contributed by atoms with E-state index >= 15 is 0 Å². The Bertz CT molecular complexity index is 485. The van der Waals surface area contributed by atoms with E-state index in [0.29, 0.717) is 13.0 Å². The van der Waals surface area contributed by atoms with E-state index in [4.69, 9.17) is 9.30 Å². The van der Waals surface area contributed by atoms with Crippen molar-refractivity contribution in [3.63, 3.8) is 0 Å². The summed E-state index contributed by atoms with van der Waals surface area (Å²) >= 11 is 0. The van der Waals surface area contributed by atoms with Crippen LogP contribution in [0.2, 0.25) is 0 Å². The van der Waals surface area contributed by atoms with Gasteiger partial charge in [0, 0.05) is 0 Å². The highest BCUT2D eigenvalue weighted by molar-refractivity contribution is 7.00. The summed E-state index contributed by atoms with van der Waals surface area (Å²) in [6.07, 6.45) is 0.327. The molecule has 1 atom stereocenters. The molecule has 0 aliphatic carbocycles. The molecule has 0 aliphatic heterocycles. The van der Waals surface area contributed by atoms with Crippen LogP contribution in [0.15, 0.2) is 60.7 Å². The van der Waals surface area contributed by atoms with Crippen LogP contribution >= 0.6 is 9.12 Å². The second-order valence-electron chi connectivity index (χ2n) is 3.81. The molecule has 0 bridgehead atoms. The van der Waals surface area contributed by atoms with E-state index in [1.165, 1.54) is 9.12 Å². The number of benzene rings is 2. The first-order chi connectivity index (χ1) is 9.34. The van der Waals surface area contributed by atoms with Crippen molar-refractivity contribution in [3.05, 3.63) is 71.8 Å². The van der Waals surface area contributed by atoms with Crippen molar-refractivity contribution in [1.29, 1.82) is 0 Å². The molecular formula is C15H16O3P+. The van der Waals surface area contributed by atoms with E-state index in [1.807, 2.05) is 60.7 Å². The molecule has 0 N–H and O–H groups in total. The lowest BCUT2D eigenvalue weighted by Gasteiger charge is -2.04. The molecular weight excluding hydrogens is 259 g/mol. The van der Waals surface area contributed by atoms with E-state index in [2.05, 4.69) is 0 Å². The summed E-state index contributed by atoms with van der Waals surface area (Å²) in [5.74, 6) is -0.194. The van der Waals surface area contributed by atoms with E-state index in [0.717, 1.165) is 11.1 Å². The van der Waals surface area contributed by atoms with Crippen LogP contribution in [0.25, 0.3) is 0 Å². The zero-order chi connectivity index (χ0) is 13.9. The van der Waals surface area contributed by atoms with Crippen LogP contribution in [0.4, 0.5) is 0 Å². The maximum absolute atomic E-state index is 11.6. The number of ether oxygens (including phenoxy) is 1. The largest absolute Gasteiger partial charge is 0.461 e. The molecule has 0 aliphatic rings. The SMILES string of the molecule is O=C(Cc1ccccc1)OCc1ccccc1.O=[PH2+]. The molecule has 3 nitrogen and oxygen atoms in total. The van der Waals surface area contributed by atoms with Gasteiger partial charge in [-0.1, -0.05) is 65.2 Å². The van der Waals surface area contributed by atoms with Crippen molar-refractivity contribution in [1.82, 2.24) is 0 Å². The lowest BCUT2D eigenvalue weighted by Crippen LogP contribution is -2.07. The van der Waals surface area contributed by atoms with Gasteiger partial charge in [0.2, 0.25) is 0 Å². The van der Waals surface area contributed by atoms with Crippen LogP contribution in [0.5, 0.6) is 0 Å². The maximum Gasteiger partial charge on any atom is 0.310 e. The highest BCUT2D eigenvalue weighted by Crippen LogP contribution is 2.04. The summed E-state index contributed by atoms with van der Waals surface area (Å²) in [5, 5.41) is 0. The number of hydrogen-bond donors (Lipinski definition) is 0. The summed E-state index contributed by atoms with van der Waals surface area (Å²) in [5.41, 5.74) is 1.99. The first-order valence-electron chi connectivity index (χ1n) is 5.81. The van der Waals surface area contributed by atoms with Crippen LogP contribution in [0.3, 0.4) is 0 Å². The van der Waals surface area contributed by atoms with Gasteiger partial charge in [-0.2, -0.15) is 0 Å². The van der Waals surface area contributed by atoms with E-state index < -0.39 is 0 Å². The molecule has 2 rings (SSSR count). The van der Waals surface area contributed by atoms with Gasteiger partial charge in [-0.15, -0.1) is 0 Å². The molecule has 98 valence electrons. The van der Waals surface area contributed by atoms with Crippen LogP contribution in [0, 0.1) is 0 Å². The third kappa shape index (κ3) is 5.94. The second kappa shape index (κ2) is 9.01. The summed E-state index contributed by atoms with van der Waals surface area (Å²) < 4.78 is 13.4. The lowest BCUT2D eigenvalue weighted by molar-refractivity contribution is -0.144. The van der Waals surface area contributed by atoms with Gasteiger partial charge < -0.3 is 4.74 Å². The maximum atomic E-state index is 11.6. The number of carbonyl (C=O) groups is 1. The van der Waals surface area contributed by atoms with Gasteiger partial charge >= 0.3 is 15.1 Å². The third-order valence-electron chi connectivity index (χ3n) is 2.43. The Kier molecular flexibility index (Phi) is 7.14. The molecule has 0 spiro atoms. The average Bonchev–Trinajstić information content (AvgIpc) is 2.49. The molecule has 2 aromatic rings. The van der Waals surface area contributed by atoms with Gasteiger partial charge in [0.1, 0.15) is 6.61 Å². The van der Waals surface area contributed by atoms with Crippen molar-refractivity contribution in [2.75, 3.05) is 0 Å². The van der Waals surface area contributed by atoms with E-state index in [9.17, 15) is 4.79 Å². The number of hydrogen-bond acceptors (Lipinski definition) is 3. The minimum Gasteiger partial charge on any atom is -0.461 e. The van der Waals surface area contributed by atoms with Gasteiger partial charge in [0.25, 0.3) is 0 Å². The molecule has 0 aromatic heterocycles. The zero-order valence-electron chi connectivity index (χ0n) is 10.5. The Hall–Kier alpha value is -1.99. The molecule has 4 heteroatoms. The van der Waals surface area contributed by atoms with E-state index in [-0.39, 0.29) is 5.97 Å². The Labute approximate surface area is 114 Å². The second-order valence-corrected chi connectivity index (χ2v) is 3.81. The average molecular weight is 275 g/mol. The number of carbonyl (C=O) groups excluding carboxylic acids is 1. The minimum atomic E-state index is -0.194. The number of esters is 1. The first kappa shape index (κ1) is 15.1. The fourth-order valence-corrected chi connectivity index (χ4v) is 1.55. The normalized spacial score (nSPS) is 9.05. The highest BCUT2D eigenvalue weighted by Gasteiger charge is 2.04. The zero-order valence-corrected chi connectivity index (χ0v) is 11.6. The molecule has 0 saturated carbocycles. The fourth-order valence-electron chi connectivity index (χ4n) is 1.55. The van der Waals surface area contributed by atoms with Crippen molar-refractivity contribution < 1.29 is 14.1 Å². The molecule has 0 amide bonds. The fraction of sp³-hybridized carbons (Fsp3) is 0.133. The van der Waals surface area contributed by atoms with Crippen LogP contribution in [-0.2, 0) is 27.1 Å². The lowest BCUT2D eigenvalue weighted by atomic mass is 10.1. The Morgan fingerprint density at radius 1 is 0.842 bits per heavy atom.